The van der Waals surface area contributed by atoms with E-state index in [4.69, 9.17) is 4.74 Å². The summed E-state index contributed by atoms with van der Waals surface area (Å²) in [4.78, 5) is 11.9. The third-order valence-corrected chi connectivity index (χ3v) is 3.91. The fourth-order valence-electron chi connectivity index (χ4n) is 2.62. The fourth-order valence-corrected chi connectivity index (χ4v) is 2.62. The molecule has 1 aliphatic carbocycles. The van der Waals surface area contributed by atoms with E-state index >= 15 is 0 Å². The second kappa shape index (κ2) is 7.46. The van der Waals surface area contributed by atoms with Gasteiger partial charge >= 0.3 is 0 Å². The van der Waals surface area contributed by atoms with Gasteiger partial charge in [0.05, 0.1) is 6.10 Å². The van der Waals surface area contributed by atoms with Crippen molar-refractivity contribution >= 4 is 5.91 Å². The van der Waals surface area contributed by atoms with Crippen LogP contribution < -0.4 is 10.1 Å². The maximum Gasteiger partial charge on any atom is 0.260 e. The van der Waals surface area contributed by atoms with Gasteiger partial charge in [0.15, 0.2) is 6.10 Å². The zero-order valence-electron chi connectivity index (χ0n) is 12.9. The van der Waals surface area contributed by atoms with Crippen LogP contribution in [0.5, 0.6) is 5.75 Å². The van der Waals surface area contributed by atoms with Gasteiger partial charge in [0.25, 0.3) is 5.91 Å². The smallest absolute Gasteiger partial charge is 0.260 e. The van der Waals surface area contributed by atoms with Crippen LogP contribution in [-0.2, 0) is 11.2 Å². The number of fused-ring (bicyclic) bond motifs is 1. The maximum atomic E-state index is 11.9. The van der Waals surface area contributed by atoms with Crippen LogP contribution in [0.15, 0.2) is 18.2 Å². The van der Waals surface area contributed by atoms with Crippen LogP contribution >= 0.6 is 0 Å². The number of unbranched alkanes of at least 4 members (excludes halogenated alkanes) is 1. The number of benzene rings is 1. The molecule has 4 nitrogen and oxygen atoms in total. The van der Waals surface area contributed by atoms with Crippen LogP contribution in [0, 0.1) is 0 Å². The molecule has 0 saturated heterocycles. The molecule has 2 N–H and O–H groups in total. The Bertz CT molecular complexity index is 487. The van der Waals surface area contributed by atoms with E-state index in [0.717, 1.165) is 37.7 Å². The lowest BCUT2D eigenvalue weighted by Crippen LogP contribution is -2.36. The topological polar surface area (TPSA) is 58.6 Å². The molecule has 2 rings (SSSR count). The number of amides is 1. The summed E-state index contributed by atoms with van der Waals surface area (Å²) in [7, 11) is 0. The molecule has 21 heavy (non-hydrogen) atoms. The number of hydrogen-bond acceptors (Lipinski definition) is 3. The van der Waals surface area contributed by atoms with Crippen molar-refractivity contribution in [2.24, 2.45) is 0 Å². The number of carbonyl (C=O) groups excluding carboxylic acids is 1. The van der Waals surface area contributed by atoms with Crippen LogP contribution in [0.4, 0.5) is 0 Å². The Hall–Kier alpha value is -1.55. The summed E-state index contributed by atoms with van der Waals surface area (Å²) in [6.07, 6.45) is 3.90. The number of rotatable bonds is 6. The third-order valence-electron chi connectivity index (χ3n) is 3.91. The minimum atomic E-state index is -0.527. The number of aliphatic hydroxyl groups excluding tert-OH is 1. The van der Waals surface area contributed by atoms with E-state index in [0.29, 0.717) is 12.3 Å². The number of nitrogens with one attached hydrogen (secondary N) is 1. The van der Waals surface area contributed by atoms with E-state index in [2.05, 4.69) is 12.2 Å². The first kappa shape index (κ1) is 15.8. The van der Waals surface area contributed by atoms with Crippen molar-refractivity contribution in [1.82, 2.24) is 5.32 Å². The average Bonchev–Trinajstić information content (AvgIpc) is 2.48. The maximum absolute atomic E-state index is 11.9. The average molecular weight is 291 g/mol. The first-order chi connectivity index (χ1) is 10.1. The summed E-state index contributed by atoms with van der Waals surface area (Å²) in [5.74, 6) is 0.551. The molecule has 0 aliphatic heterocycles. The molecule has 0 saturated carbocycles. The summed E-state index contributed by atoms with van der Waals surface area (Å²) in [6, 6.07) is 5.75. The Morgan fingerprint density at radius 1 is 1.52 bits per heavy atom. The normalized spacial score (nSPS) is 18.7. The highest BCUT2D eigenvalue weighted by Gasteiger charge is 2.20. The molecule has 0 bridgehead atoms. The molecule has 1 aliphatic rings. The second-order valence-electron chi connectivity index (χ2n) is 5.67. The Labute approximate surface area is 126 Å². The van der Waals surface area contributed by atoms with Crippen molar-refractivity contribution in [2.45, 2.75) is 58.2 Å². The molecule has 1 aromatic rings. The van der Waals surface area contributed by atoms with Gasteiger partial charge in [0, 0.05) is 6.54 Å². The minimum Gasteiger partial charge on any atom is -0.481 e. The van der Waals surface area contributed by atoms with E-state index in [-0.39, 0.29) is 5.91 Å². The zero-order valence-corrected chi connectivity index (χ0v) is 12.9. The van der Waals surface area contributed by atoms with Gasteiger partial charge in [0.2, 0.25) is 0 Å². The molecule has 4 heteroatoms. The lowest BCUT2D eigenvalue weighted by atomic mass is 9.89. The third kappa shape index (κ3) is 4.21. The molecule has 0 aromatic heterocycles. The van der Waals surface area contributed by atoms with Crippen molar-refractivity contribution in [3.05, 3.63) is 29.3 Å². The van der Waals surface area contributed by atoms with E-state index in [1.807, 2.05) is 18.2 Å². The summed E-state index contributed by atoms with van der Waals surface area (Å²) in [6.45, 7) is 4.52. The SMILES string of the molecule is CCCCNC(=O)C(C)Oc1ccc2c(c1)C(O)CCC2. The van der Waals surface area contributed by atoms with Crippen LogP contribution in [0.25, 0.3) is 0 Å². The van der Waals surface area contributed by atoms with Gasteiger partial charge < -0.3 is 15.2 Å². The monoisotopic (exact) mass is 291 g/mol. The minimum absolute atomic E-state index is 0.0956. The Morgan fingerprint density at radius 2 is 2.33 bits per heavy atom. The van der Waals surface area contributed by atoms with Gasteiger partial charge in [0.1, 0.15) is 5.75 Å². The molecule has 2 atom stereocenters. The van der Waals surface area contributed by atoms with Crippen molar-refractivity contribution in [3.63, 3.8) is 0 Å². The van der Waals surface area contributed by atoms with Crippen molar-refractivity contribution < 1.29 is 14.6 Å². The highest BCUT2D eigenvalue weighted by molar-refractivity contribution is 5.80. The number of ether oxygens (including phenoxy) is 1. The predicted molar refractivity (Wildman–Crippen MR) is 82.3 cm³/mol. The van der Waals surface area contributed by atoms with Crippen molar-refractivity contribution in [3.8, 4) is 5.75 Å². The molecule has 2 unspecified atom stereocenters. The molecule has 116 valence electrons. The van der Waals surface area contributed by atoms with Crippen molar-refractivity contribution in [1.29, 1.82) is 0 Å². The lowest BCUT2D eigenvalue weighted by Gasteiger charge is -2.23. The number of aliphatic hydroxyl groups is 1. The highest BCUT2D eigenvalue weighted by atomic mass is 16.5. The Morgan fingerprint density at radius 3 is 3.10 bits per heavy atom. The number of hydrogen-bond donors (Lipinski definition) is 2. The molecule has 1 aromatic carbocycles. The van der Waals surface area contributed by atoms with E-state index in [1.54, 1.807) is 6.92 Å². The molecular formula is C17H25NO3. The van der Waals surface area contributed by atoms with Gasteiger partial charge in [-0.2, -0.15) is 0 Å². The van der Waals surface area contributed by atoms with Gasteiger partial charge in [-0.1, -0.05) is 19.4 Å². The summed E-state index contributed by atoms with van der Waals surface area (Å²) < 4.78 is 5.70. The van der Waals surface area contributed by atoms with Crippen LogP contribution in [0.1, 0.15) is 56.8 Å². The van der Waals surface area contributed by atoms with Crippen LogP contribution in [0.3, 0.4) is 0 Å². The predicted octanol–water partition coefficient (Wildman–Crippen LogP) is 2.74. The lowest BCUT2D eigenvalue weighted by molar-refractivity contribution is -0.127. The molecule has 0 fully saturated rings. The second-order valence-corrected chi connectivity index (χ2v) is 5.67. The van der Waals surface area contributed by atoms with Gasteiger partial charge in [-0.25, -0.2) is 0 Å². The fraction of sp³-hybridized carbons (Fsp3) is 0.588. The zero-order chi connectivity index (χ0) is 15.2. The number of carbonyl (C=O) groups is 1. The Balaban J connectivity index is 1.96. The van der Waals surface area contributed by atoms with Gasteiger partial charge in [-0.3, -0.25) is 4.79 Å². The molecule has 1 amide bonds. The van der Waals surface area contributed by atoms with E-state index < -0.39 is 12.2 Å². The standard InChI is InChI=1S/C17H25NO3/c1-3-4-10-18-17(20)12(2)21-14-9-8-13-6-5-7-16(19)15(13)11-14/h8-9,11-12,16,19H,3-7,10H2,1-2H3,(H,18,20). The summed E-state index contributed by atoms with van der Waals surface area (Å²) >= 11 is 0. The van der Waals surface area contributed by atoms with Gasteiger partial charge in [-0.15, -0.1) is 0 Å². The highest BCUT2D eigenvalue weighted by Crippen LogP contribution is 2.32. The Kier molecular flexibility index (Phi) is 5.62. The van der Waals surface area contributed by atoms with E-state index in [1.165, 1.54) is 5.56 Å². The number of aryl methyl sites for hydroxylation is 1. The largest absolute Gasteiger partial charge is 0.481 e. The molecule has 0 radical (unpaired) electrons. The summed E-state index contributed by atoms with van der Waals surface area (Å²) in [5.41, 5.74) is 2.12. The first-order valence-corrected chi connectivity index (χ1v) is 7.87. The van der Waals surface area contributed by atoms with Crippen LogP contribution in [0.2, 0.25) is 0 Å². The first-order valence-electron chi connectivity index (χ1n) is 7.87. The van der Waals surface area contributed by atoms with E-state index in [9.17, 15) is 9.90 Å². The summed E-state index contributed by atoms with van der Waals surface area (Å²) in [5, 5.41) is 12.9. The molecule has 0 spiro atoms. The molecule has 0 heterocycles. The van der Waals surface area contributed by atoms with Crippen molar-refractivity contribution in [2.75, 3.05) is 6.54 Å². The molecular weight excluding hydrogens is 266 g/mol. The van der Waals surface area contributed by atoms with Crippen LogP contribution in [-0.4, -0.2) is 23.7 Å². The quantitative estimate of drug-likeness (QED) is 0.792. The van der Waals surface area contributed by atoms with Gasteiger partial charge in [-0.05, 0) is 55.9 Å².